The summed E-state index contributed by atoms with van der Waals surface area (Å²) in [6.45, 7) is 4.56. The molecule has 3 nitrogen and oxygen atoms in total. The molecule has 0 radical (unpaired) electrons. The van der Waals surface area contributed by atoms with Crippen LogP contribution in [-0.2, 0) is 4.74 Å². The average Bonchev–Trinajstić information content (AvgIpc) is 2.57. The molecule has 0 spiro atoms. The van der Waals surface area contributed by atoms with Gasteiger partial charge in [-0.2, -0.15) is 0 Å². The SMILES string of the molecule is CC(C)CCCCCCCCCCCCC/C=C\OCC(O)CO. The van der Waals surface area contributed by atoms with Gasteiger partial charge in [0.1, 0.15) is 12.7 Å². The molecule has 3 heteroatoms. The summed E-state index contributed by atoms with van der Waals surface area (Å²) in [7, 11) is 0. The molecule has 0 aliphatic heterocycles. The Kier molecular flexibility index (Phi) is 18.4. The van der Waals surface area contributed by atoms with Gasteiger partial charge in [0, 0.05) is 0 Å². The molecule has 0 bridgehead atoms. The summed E-state index contributed by atoms with van der Waals surface area (Å²) in [5.41, 5.74) is 0. The van der Waals surface area contributed by atoms with Crippen LogP contribution in [0.2, 0.25) is 0 Å². The van der Waals surface area contributed by atoms with Crippen molar-refractivity contribution in [1.29, 1.82) is 0 Å². The second-order valence-corrected chi connectivity index (χ2v) is 7.40. The van der Waals surface area contributed by atoms with Gasteiger partial charge in [-0.15, -0.1) is 0 Å². The third kappa shape index (κ3) is 19.5. The van der Waals surface area contributed by atoms with Gasteiger partial charge in [0.2, 0.25) is 0 Å². The van der Waals surface area contributed by atoms with Gasteiger partial charge in [0.15, 0.2) is 0 Å². The van der Waals surface area contributed by atoms with Crippen molar-refractivity contribution in [2.24, 2.45) is 5.92 Å². The first kappa shape index (κ1) is 23.5. The van der Waals surface area contributed by atoms with Gasteiger partial charge in [-0.25, -0.2) is 0 Å². The number of rotatable bonds is 18. The van der Waals surface area contributed by atoms with E-state index in [1.165, 1.54) is 77.0 Å². The smallest absolute Gasteiger partial charge is 0.115 e. The second-order valence-electron chi connectivity index (χ2n) is 7.40. The van der Waals surface area contributed by atoms with Gasteiger partial charge in [-0.05, 0) is 24.8 Å². The summed E-state index contributed by atoms with van der Waals surface area (Å²) in [6, 6.07) is 0. The van der Waals surface area contributed by atoms with Crippen molar-refractivity contribution in [3.63, 3.8) is 0 Å². The molecular weight excluding hydrogens is 300 g/mol. The van der Waals surface area contributed by atoms with E-state index in [4.69, 9.17) is 14.9 Å². The first-order valence-electron chi connectivity index (χ1n) is 10.2. The molecule has 1 atom stereocenters. The van der Waals surface area contributed by atoms with Crippen molar-refractivity contribution < 1.29 is 14.9 Å². The maximum Gasteiger partial charge on any atom is 0.115 e. The third-order valence-corrected chi connectivity index (χ3v) is 4.34. The maximum atomic E-state index is 9.08. The number of hydrogen-bond donors (Lipinski definition) is 2. The molecule has 2 N–H and O–H groups in total. The van der Waals surface area contributed by atoms with E-state index in [0.29, 0.717) is 0 Å². The molecule has 0 aliphatic carbocycles. The molecule has 0 aliphatic rings. The fraction of sp³-hybridized carbons (Fsp3) is 0.905. The third-order valence-electron chi connectivity index (χ3n) is 4.34. The second kappa shape index (κ2) is 18.8. The Morgan fingerprint density at radius 1 is 0.792 bits per heavy atom. The fourth-order valence-corrected chi connectivity index (χ4v) is 2.76. The lowest BCUT2D eigenvalue weighted by atomic mass is 10.0. The zero-order valence-corrected chi connectivity index (χ0v) is 16.2. The number of aliphatic hydroxyl groups excluding tert-OH is 2. The molecule has 24 heavy (non-hydrogen) atoms. The minimum atomic E-state index is -0.769. The minimum absolute atomic E-state index is 0.171. The highest BCUT2D eigenvalue weighted by Gasteiger charge is 1.99. The summed E-state index contributed by atoms with van der Waals surface area (Å²) in [5.74, 6) is 0.868. The van der Waals surface area contributed by atoms with Gasteiger partial charge in [0.05, 0.1) is 12.9 Å². The molecule has 1 unspecified atom stereocenters. The largest absolute Gasteiger partial charge is 0.499 e. The lowest BCUT2D eigenvalue weighted by molar-refractivity contribution is 0.0383. The van der Waals surface area contributed by atoms with E-state index in [0.717, 1.165) is 12.3 Å². The Bertz CT molecular complexity index is 264. The quantitative estimate of drug-likeness (QED) is 0.252. The number of unbranched alkanes of at least 4 members (excludes halogenated alkanes) is 11. The van der Waals surface area contributed by atoms with Crippen LogP contribution in [0.3, 0.4) is 0 Å². The molecule has 0 heterocycles. The van der Waals surface area contributed by atoms with Gasteiger partial charge in [-0.1, -0.05) is 84.5 Å². The number of aliphatic hydroxyl groups is 2. The van der Waals surface area contributed by atoms with Crippen molar-refractivity contribution >= 4 is 0 Å². The standard InChI is InChI=1S/C21H42O3/c1-20(2)16-14-12-10-8-6-4-3-5-7-9-11-13-15-17-24-19-21(23)18-22/h15,17,20-23H,3-14,16,18-19H2,1-2H3/b17-15-. The molecule has 0 saturated carbocycles. The molecule has 0 fully saturated rings. The van der Waals surface area contributed by atoms with Crippen LogP contribution in [0.1, 0.15) is 97.3 Å². The Balaban J connectivity index is 3.08. The molecule has 0 amide bonds. The Hall–Kier alpha value is -0.540. The van der Waals surface area contributed by atoms with Crippen molar-refractivity contribution in [2.45, 2.75) is 103 Å². The van der Waals surface area contributed by atoms with E-state index < -0.39 is 6.10 Å². The van der Waals surface area contributed by atoms with Crippen LogP contribution in [0.5, 0.6) is 0 Å². The predicted molar refractivity (Wildman–Crippen MR) is 103 cm³/mol. The summed E-state index contributed by atoms with van der Waals surface area (Å²) < 4.78 is 5.11. The molecule has 0 aromatic carbocycles. The molecular formula is C21H42O3. The van der Waals surface area contributed by atoms with Crippen LogP contribution in [0.4, 0.5) is 0 Å². The number of ether oxygens (including phenoxy) is 1. The monoisotopic (exact) mass is 342 g/mol. The molecule has 0 rings (SSSR count). The van der Waals surface area contributed by atoms with Crippen LogP contribution < -0.4 is 0 Å². The van der Waals surface area contributed by atoms with Crippen LogP contribution in [0.15, 0.2) is 12.3 Å². The van der Waals surface area contributed by atoms with Crippen LogP contribution in [0, 0.1) is 5.92 Å². The van der Waals surface area contributed by atoms with E-state index >= 15 is 0 Å². The summed E-state index contributed by atoms with van der Waals surface area (Å²) in [5, 5.41) is 17.7. The zero-order valence-electron chi connectivity index (χ0n) is 16.2. The topological polar surface area (TPSA) is 49.7 Å². The normalized spacial score (nSPS) is 13.0. The van der Waals surface area contributed by atoms with Crippen molar-refractivity contribution in [1.82, 2.24) is 0 Å². The lowest BCUT2D eigenvalue weighted by Crippen LogP contribution is -2.17. The first-order chi connectivity index (χ1) is 11.7. The maximum absolute atomic E-state index is 9.08. The molecule has 144 valence electrons. The van der Waals surface area contributed by atoms with Gasteiger partial charge < -0.3 is 14.9 Å². The first-order valence-corrected chi connectivity index (χ1v) is 10.2. The summed E-state index contributed by atoms with van der Waals surface area (Å²) >= 11 is 0. The van der Waals surface area contributed by atoms with E-state index in [9.17, 15) is 0 Å². The van der Waals surface area contributed by atoms with Crippen molar-refractivity contribution in [2.75, 3.05) is 13.2 Å². The number of allylic oxidation sites excluding steroid dienone is 1. The highest BCUT2D eigenvalue weighted by Crippen LogP contribution is 2.14. The van der Waals surface area contributed by atoms with Gasteiger partial charge >= 0.3 is 0 Å². The van der Waals surface area contributed by atoms with Crippen LogP contribution >= 0.6 is 0 Å². The van der Waals surface area contributed by atoms with Gasteiger partial charge in [0.25, 0.3) is 0 Å². The van der Waals surface area contributed by atoms with Crippen LogP contribution in [-0.4, -0.2) is 29.5 Å². The van der Waals surface area contributed by atoms with Gasteiger partial charge in [-0.3, -0.25) is 0 Å². The predicted octanol–water partition coefficient (Wildman–Crippen LogP) is 5.60. The average molecular weight is 343 g/mol. The highest BCUT2D eigenvalue weighted by atomic mass is 16.5. The fourth-order valence-electron chi connectivity index (χ4n) is 2.76. The minimum Gasteiger partial charge on any atom is -0.499 e. The lowest BCUT2D eigenvalue weighted by Gasteiger charge is -2.05. The van der Waals surface area contributed by atoms with Crippen molar-refractivity contribution in [3.8, 4) is 0 Å². The zero-order chi connectivity index (χ0) is 17.9. The Morgan fingerprint density at radius 2 is 1.29 bits per heavy atom. The molecule has 0 aromatic heterocycles. The molecule has 0 aromatic rings. The summed E-state index contributed by atoms with van der Waals surface area (Å²) in [4.78, 5) is 0. The van der Waals surface area contributed by atoms with Crippen LogP contribution in [0.25, 0.3) is 0 Å². The van der Waals surface area contributed by atoms with E-state index in [1.807, 2.05) is 6.08 Å². The Morgan fingerprint density at radius 3 is 1.79 bits per heavy atom. The number of hydrogen-bond acceptors (Lipinski definition) is 3. The van der Waals surface area contributed by atoms with E-state index in [1.54, 1.807) is 6.26 Å². The Labute approximate surface area is 150 Å². The van der Waals surface area contributed by atoms with E-state index in [-0.39, 0.29) is 13.2 Å². The highest BCUT2D eigenvalue weighted by molar-refractivity contribution is 4.73. The summed E-state index contributed by atoms with van der Waals surface area (Å²) in [6.07, 6.45) is 20.4. The molecule has 0 saturated heterocycles. The van der Waals surface area contributed by atoms with Crippen molar-refractivity contribution in [3.05, 3.63) is 12.3 Å². The van der Waals surface area contributed by atoms with E-state index in [2.05, 4.69) is 13.8 Å².